The molecule has 1 atom stereocenters. The van der Waals surface area contributed by atoms with Crippen LogP contribution in [0.15, 0.2) is 12.4 Å². The van der Waals surface area contributed by atoms with Gasteiger partial charge in [0.2, 0.25) is 0 Å². The first-order valence-electron chi connectivity index (χ1n) is 8.05. The number of nitrogens with zero attached hydrogens (tertiary/aromatic N) is 3. The first-order chi connectivity index (χ1) is 10.9. The predicted molar refractivity (Wildman–Crippen MR) is 77.6 cm³/mol. The number of halogens is 3. The maximum Gasteiger partial charge on any atom is 0.408 e. The number of amides is 2. The molecule has 2 amide bonds. The van der Waals surface area contributed by atoms with Crippen molar-refractivity contribution in [1.82, 2.24) is 20.0 Å². The number of carbonyl (C=O) groups excluding carboxylic acids is 1. The molecule has 1 aliphatic heterocycles. The van der Waals surface area contributed by atoms with E-state index in [1.165, 1.54) is 31.7 Å². The second-order valence-electron chi connectivity index (χ2n) is 6.41. The van der Waals surface area contributed by atoms with Crippen LogP contribution in [-0.4, -0.2) is 39.5 Å². The van der Waals surface area contributed by atoms with Gasteiger partial charge in [-0.05, 0) is 31.6 Å². The van der Waals surface area contributed by atoms with Crippen LogP contribution in [-0.2, 0) is 13.1 Å². The highest BCUT2D eigenvalue weighted by molar-refractivity contribution is 5.74. The van der Waals surface area contributed by atoms with Crippen LogP contribution >= 0.6 is 0 Å². The number of alkyl halides is 3. The number of hydrogen-bond acceptors (Lipinski definition) is 2. The molecule has 1 aromatic rings. The van der Waals surface area contributed by atoms with Crippen LogP contribution in [0, 0.1) is 5.92 Å². The number of nitrogens with one attached hydrogen (secondary N) is 1. The van der Waals surface area contributed by atoms with E-state index in [9.17, 15) is 18.0 Å². The van der Waals surface area contributed by atoms with Crippen LogP contribution in [0.1, 0.15) is 37.7 Å². The van der Waals surface area contributed by atoms with Crippen LogP contribution in [0.25, 0.3) is 0 Å². The Morgan fingerprint density at radius 1 is 1.30 bits per heavy atom. The van der Waals surface area contributed by atoms with Gasteiger partial charge in [0, 0.05) is 30.9 Å². The molecule has 1 N–H and O–H groups in total. The van der Waals surface area contributed by atoms with Crippen molar-refractivity contribution in [3.05, 3.63) is 18.0 Å². The summed E-state index contributed by atoms with van der Waals surface area (Å²) in [5, 5.41) is 6.48. The van der Waals surface area contributed by atoms with E-state index in [4.69, 9.17) is 0 Å². The molecule has 0 aromatic carbocycles. The van der Waals surface area contributed by atoms with Crippen molar-refractivity contribution in [1.29, 1.82) is 0 Å². The average Bonchev–Trinajstić information content (AvgIpc) is 3.02. The summed E-state index contributed by atoms with van der Waals surface area (Å²) in [4.78, 5) is 14.2. The van der Waals surface area contributed by atoms with Crippen LogP contribution < -0.4 is 5.32 Å². The summed E-state index contributed by atoms with van der Waals surface area (Å²) in [6, 6.07) is 0.208. The van der Waals surface area contributed by atoms with Gasteiger partial charge in [-0.1, -0.05) is 6.42 Å². The van der Waals surface area contributed by atoms with Crippen LogP contribution in [0.3, 0.4) is 0 Å². The SMILES string of the molecule is O=C(NCc1cnn(CC(F)(F)F)c1)N1CCCC1C1CCC1. The second kappa shape index (κ2) is 6.41. The van der Waals surface area contributed by atoms with Gasteiger partial charge < -0.3 is 10.2 Å². The number of hydrogen-bond donors (Lipinski definition) is 1. The number of aromatic nitrogens is 2. The number of urea groups is 1. The largest absolute Gasteiger partial charge is 0.408 e. The highest BCUT2D eigenvalue weighted by Gasteiger charge is 2.37. The standard InChI is InChI=1S/C15H21F3N4O/c16-15(17,18)10-21-9-11(8-20-21)7-19-14(23)22-6-2-5-13(22)12-3-1-4-12/h8-9,12-13H,1-7,10H2,(H,19,23). The fourth-order valence-electron chi connectivity index (χ4n) is 3.41. The maximum absolute atomic E-state index is 12.3. The molecular weight excluding hydrogens is 309 g/mol. The average molecular weight is 330 g/mol. The molecule has 1 saturated heterocycles. The second-order valence-corrected chi connectivity index (χ2v) is 6.41. The lowest BCUT2D eigenvalue weighted by molar-refractivity contribution is -0.142. The third-order valence-electron chi connectivity index (χ3n) is 4.73. The van der Waals surface area contributed by atoms with E-state index in [1.54, 1.807) is 0 Å². The minimum atomic E-state index is -4.29. The molecule has 1 aromatic heterocycles. The molecule has 5 nitrogen and oxygen atoms in total. The van der Waals surface area contributed by atoms with Crippen molar-refractivity contribution in [2.45, 2.75) is 57.4 Å². The van der Waals surface area contributed by atoms with E-state index in [2.05, 4.69) is 10.4 Å². The predicted octanol–water partition coefficient (Wildman–Crippen LogP) is 2.92. The summed E-state index contributed by atoms with van der Waals surface area (Å²) in [5.41, 5.74) is 0.571. The molecule has 23 heavy (non-hydrogen) atoms. The minimum Gasteiger partial charge on any atom is -0.334 e. The van der Waals surface area contributed by atoms with Gasteiger partial charge in [0.25, 0.3) is 0 Å². The monoisotopic (exact) mass is 330 g/mol. The van der Waals surface area contributed by atoms with Gasteiger partial charge in [0.05, 0.1) is 6.20 Å². The van der Waals surface area contributed by atoms with Crippen molar-refractivity contribution in [2.24, 2.45) is 5.92 Å². The van der Waals surface area contributed by atoms with Crippen LogP contribution in [0.2, 0.25) is 0 Å². The summed E-state index contributed by atoms with van der Waals surface area (Å²) in [6.07, 6.45) is 4.10. The highest BCUT2D eigenvalue weighted by atomic mass is 19.4. The van der Waals surface area contributed by atoms with Gasteiger partial charge in [-0.15, -0.1) is 0 Å². The quantitative estimate of drug-likeness (QED) is 0.923. The molecule has 0 bridgehead atoms. The number of likely N-dealkylation sites (tertiary alicyclic amines) is 1. The molecule has 8 heteroatoms. The Kier molecular flexibility index (Phi) is 4.50. The summed E-state index contributed by atoms with van der Waals surface area (Å²) in [5.74, 6) is 0.623. The van der Waals surface area contributed by atoms with Gasteiger partial charge >= 0.3 is 12.2 Å². The lowest BCUT2D eigenvalue weighted by Crippen LogP contribution is -2.46. The fourth-order valence-corrected chi connectivity index (χ4v) is 3.41. The Labute approximate surface area is 132 Å². The zero-order chi connectivity index (χ0) is 16.4. The molecule has 3 rings (SSSR count). The minimum absolute atomic E-state index is 0.122. The normalized spacial score (nSPS) is 22.2. The maximum atomic E-state index is 12.3. The third-order valence-corrected chi connectivity index (χ3v) is 4.73. The van der Waals surface area contributed by atoms with Gasteiger partial charge in [-0.2, -0.15) is 18.3 Å². The molecule has 1 saturated carbocycles. The summed E-state index contributed by atoms with van der Waals surface area (Å²) in [7, 11) is 0. The Bertz CT molecular complexity index is 553. The summed E-state index contributed by atoms with van der Waals surface area (Å²) >= 11 is 0. The van der Waals surface area contributed by atoms with Crippen molar-refractivity contribution < 1.29 is 18.0 Å². The van der Waals surface area contributed by atoms with Crippen LogP contribution in [0.4, 0.5) is 18.0 Å². The van der Waals surface area contributed by atoms with Gasteiger partial charge in [-0.25, -0.2) is 4.79 Å². The first kappa shape index (κ1) is 16.1. The van der Waals surface area contributed by atoms with E-state index in [0.717, 1.165) is 24.1 Å². The topological polar surface area (TPSA) is 50.2 Å². The first-order valence-corrected chi connectivity index (χ1v) is 8.05. The Morgan fingerprint density at radius 3 is 2.74 bits per heavy atom. The van der Waals surface area contributed by atoms with Crippen molar-refractivity contribution in [2.75, 3.05) is 6.54 Å². The van der Waals surface area contributed by atoms with E-state index in [1.807, 2.05) is 4.90 Å². The molecule has 0 radical (unpaired) electrons. The summed E-state index contributed by atoms with van der Waals surface area (Å²) < 4.78 is 37.7. The zero-order valence-corrected chi connectivity index (χ0v) is 12.9. The molecule has 1 aliphatic carbocycles. The smallest absolute Gasteiger partial charge is 0.334 e. The van der Waals surface area contributed by atoms with Gasteiger partial charge in [0.1, 0.15) is 6.54 Å². The molecule has 0 spiro atoms. The van der Waals surface area contributed by atoms with E-state index < -0.39 is 12.7 Å². The lowest BCUT2D eigenvalue weighted by atomic mass is 9.79. The van der Waals surface area contributed by atoms with Crippen LogP contribution in [0.5, 0.6) is 0 Å². The van der Waals surface area contributed by atoms with Crippen molar-refractivity contribution >= 4 is 6.03 Å². The zero-order valence-electron chi connectivity index (χ0n) is 12.9. The Morgan fingerprint density at radius 2 is 2.09 bits per heavy atom. The number of rotatable bonds is 4. The Hall–Kier alpha value is -1.73. The van der Waals surface area contributed by atoms with E-state index in [-0.39, 0.29) is 12.6 Å². The molecule has 2 heterocycles. The molecule has 2 aliphatic rings. The van der Waals surface area contributed by atoms with E-state index >= 15 is 0 Å². The molecular formula is C15H21F3N4O. The van der Waals surface area contributed by atoms with E-state index in [0.29, 0.717) is 17.5 Å². The summed E-state index contributed by atoms with van der Waals surface area (Å²) in [6.45, 7) is -0.151. The molecule has 1 unspecified atom stereocenters. The molecule has 128 valence electrons. The third kappa shape index (κ3) is 3.97. The Balaban J connectivity index is 1.50. The van der Waals surface area contributed by atoms with Gasteiger partial charge in [0.15, 0.2) is 0 Å². The van der Waals surface area contributed by atoms with Crippen molar-refractivity contribution in [3.63, 3.8) is 0 Å². The van der Waals surface area contributed by atoms with Crippen molar-refractivity contribution in [3.8, 4) is 0 Å². The lowest BCUT2D eigenvalue weighted by Gasteiger charge is -2.36. The fraction of sp³-hybridized carbons (Fsp3) is 0.733. The number of carbonyl (C=O) groups is 1. The van der Waals surface area contributed by atoms with Gasteiger partial charge in [-0.3, -0.25) is 4.68 Å². The highest BCUT2D eigenvalue weighted by Crippen LogP contribution is 2.37. The molecule has 2 fully saturated rings.